The fourth-order valence-electron chi connectivity index (χ4n) is 5.09. The molecule has 4 aromatic carbocycles. The van der Waals surface area contributed by atoms with Crippen molar-refractivity contribution in [2.75, 3.05) is 6.61 Å². The Morgan fingerprint density at radius 2 is 1.56 bits per heavy atom. The first kappa shape index (κ1) is 31.3. The maximum absolute atomic E-state index is 12.7. The Bertz CT molecular complexity index is 2110. The van der Waals surface area contributed by atoms with Crippen molar-refractivity contribution in [3.8, 4) is 28.5 Å². The lowest BCUT2D eigenvalue weighted by Gasteiger charge is -2.12. The highest BCUT2D eigenvalue weighted by atomic mass is 16.9. The van der Waals surface area contributed by atoms with Gasteiger partial charge in [-0.3, -0.25) is 4.57 Å². The molecule has 48 heavy (non-hydrogen) atoms. The largest absolute Gasteiger partial charge is 0.478 e. The van der Waals surface area contributed by atoms with E-state index in [1.165, 1.54) is 0 Å². The van der Waals surface area contributed by atoms with Crippen LogP contribution in [0.1, 0.15) is 34.0 Å². The Labute approximate surface area is 272 Å². The summed E-state index contributed by atoms with van der Waals surface area (Å²) < 4.78 is 12.8. The van der Waals surface area contributed by atoms with Gasteiger partial charge < -0.3 is 19.4 Å². The predicted octanol–water partition coefficient (Wildman–Crippen LogP) is 5.40. The van der Waals surface area contributed by atoms with Gasteiger partial charge in [-0.15, -0.1) is 20.3 Å². The molecule has 0 aliphatic heterocycles. The average molecular weight is 650 g/mol. The number of carboxylic acids is 1. The quantitative estimate of drug-likeness (QED) is 0.132. The molecule has 1 N–H and O–H groups in total. The number of benzene rings is 4. The van der Waals surface area contributed by atoms with E-state index in [-0.39, 0.29) is 24.6 Å². The molecular weight excluding hydrogens is 622 g/mol. The zero-order valence-electron chi connectivity index (χ0n) is 25.4. The van der Waals surface area contributed by atoms with Crippen LogP contribution in [0.5, 0.6) is 6.01 Å². The number of nitrogens with zero attached hydrogens (tertiary/aromatic N) is 7. The number of carboxylic acid groups (broad SMARTS) is 1. The molecular formula is C33H27N7O8. The van der Waals surface area contributed by atoms with Crippen LogP contribution >= 0.6 is 0 Å². The third kappa shape index (κ3) is 6.79. The number of hydrogen-bond acceptors (Lipinski definition) is 11. The Kier molecular flexibility index (Phi) is 9.00. The van der Waals surface area contributed by atoms with Crippen LogP contribution in [0.2, 0.25) is 0 Å². The lowest BCUT2D eigenvalue weighted by molar-refractivity contribution is -0.763. The van der Waals surface area contributed by atoms with Crippen LogP contribution in [-0.4, -0.2) is 58.6 Å². The van der Waals surface area contributed by atoms with Gasteiger partial charge in [-0.2, -0.15) is 4.98 Å². The normalized spacial score (nSPS) is 10.9. The third-order valence-corrected chi connectivity index (χ3v) is 7.31. The molecule has 15 nitrogen and oxygen atoms in total. The second-order valence-electron chi connectivity index (χ2n) is 10.4. The monoisotopic (exact) mass is 649 g/mol. The van der Waals surface area contributed by atoms with Crippen LogP contribution in [0.15, 0.2) is 91.0 Å². The Hall–Kier alpha value is -6.64. The number of para-hydroxylation sites is 1. The van der Waals surface area contributed by atoms with Crippen LogP contribution in [-0.2, 0) is 29.3 Å². The molecule has 0 amide bonds. The molecule has 0 fully saturated rings. The molecule has 2 aromatic heterocycles. The molecule has 0 aliphatic rings. The zero-order valence-corrected chi connectivity index (χ0v) is 25.4. The van der Waals surface area contributed by atoms with E-state index in [1.54, 1.807) is 47.0 Å². The maximum atomic E-state index is 12.7. The topological polar surface area (TPSA) is 187 Å². The van der Waals surface area contributed by atoms with E-state index in [4.69, 9.17) is 9.47 Å². The molecule has 0 saturated heterocycles. The number of aromatic carboxylic acids is 1. The number of carbonyl (C=O) groups excluding carboxylic acids is 1. The van der Waals surface area contributed by atoms with Gasteiger partial charge in [0.25, 0.3) is 11.1 Å². The molecule has 0 bridgehead atoms. The maximum Gasteiger partial charge on any atom is 0.454 e. The number of rotatable bonds is 12. The fourth-order valence-corrected chi connectivity index (χ4v) is 5.09. The Morgan fingerprint density at radius 3 is 2.25 bits per heavy atom. The molecule has 242 valence electrons. The molecule has 6 rings (SSSR count). The highest BCUT2D eigenvalue weighted by molar-refractivity contribution is 6.01. The minimum absolute atomic E-state index is 0.0758. The molecule has 15 heteroatoms. The van der Waals surface area contributed by atoms with Crippen molar-refractivity contribution < 1.29 is 34.1 Å². The summed E-state index contributed by atoms with van der Waals surface area (Å²) in [4.78, 5) is 44.6. The van der Waals surface area contributed by atoms with Crippen LogP contribution < -0.4 is 4.74 Å². The van der Waals surface area contributed by atoms with E-state index >= 15 is 0 Å². The minimum Gasteiger partial charge on any atom is -0.478 e. The first-order chi connectivity index (χ1) is 23.3. The van der Waals surface area contributed by atoms with Gasteiger partial charge in [-0.25, -0.2) is 9.59 Å². The number of aromatic nitrogens is 6. The van der Waals surface area contributed by atoms with Crippen molar-refractivity contribution in [2.45, 2.75) is 26.7 Å². The number of tetrazole rings is 1. The van der Waals surface area contributed by atoms with Crippen molar-refractivity contribution in [2.24, 2.45) is 0 Å². The Balaban J connectivity index is 1.17. The van der Waals surface area contributed by atoms with Gasteiger partial charge in [-0.1, -0.05) is 83.7 Å². The second kappa shape index (κ2) is 13.8. The van der Waals surface area contributed by atoms with Gasteiger partial charge in [0.1, 0.15) is 13.2 Å². The first-order valence-electron chi connectivity index (χ1n) is 14.7. The summed E-state index contributed by atoms with van der Waals surface area (Å²) in [5.74, 6) is -0.834. The summed E-state index contributed by atoms with van der Waals surface area (Å²) in [5, 5.41) is 31.5. The molecule has 0 radical (unpaired) electrons. The number of imidazole rings is 1. The van der Waals surface area contributed by atoms with Gasteiger partial charge in [0.05, 0.1) is 29.7 Å². The van der Waals surface area contributed by atoms with E-state index in [9.17, 15) is 24.8 Å². The summed E-state index contributed by atoms with van der Waals surface area (Å²) in [7, 11) is 0. The fraction of sp³-hybridized carbons (Fsp3) is 0.152. The number of carbonyl (C=O) groups is 2. The summed E-state index contributed by atoms with van der Waals surface area (Å²) in [6.45, 7) is 2.28. The van der Waals surface area contributed by atoms with Gasteiger partial charge in [0, 0.05) is 5.56 Å². The summed E-state index contributed by atoms with van der Waals surface area (Å²) in [5.41, 5.74) is 5.58. The van der Waals surface area contributed by atoms with Crippen LogP contribution in [0, 0.1) is 10.1 Å². The lowest BCUT2D eigenvalue weighted by atomic mass is 9.98. The predicted molar refractivity (Wildman–Crippen MR) is 169 cm³/mol. The number of fused-ring (bicyclic) bond motifs is 1. The van der Waals surface area contributed by atoms with Gasteiger partial charge >= 0.3 is 12.1 Å². The number of hydrogen-bond donors (Lipinski definition) is 1. The summed E-state index contributed by atoms with van der Waals surface area (Å²) >= 11 is 0. The van der Waals surface area contributed by atoms with Crippen LogP contribution in [0.25, 0.3) is 33.5 Å². The molecule has 6 aromatic rings. The summed E-state index contributed by atoms with van der Waals surface area (Å²) in [6, 6.07) is 27.0. The minimum atomic E-state index is -1.05. The van der Waals surface area contributed by atoms with E-state index in [1.807, 2.05) is 55.5 Å². The standard InChI is InChI=1S/C33H27N7O8/c1-2-46-32-34-28-9-5-8-27(31(41)42)29(28)38(32)18-21-14-16-24(17-15-21)25-6-3-4-7-26(25)30-35-37-39(36-30)33(43)47-19-22-10-12-23(13-11-22)20-48-40(44)45/h3-17H,2,18-20H2,1H3,(H,41,42). The van der Waals surface area contributed by atoms with E-state index < -0.39 is 17.1 Å². The smallest absolute Gasteiger partial charge is 0.454 e. The molecule has 0 unspecified atom stereocenters. The van der Waals surface area contributed by atoms with E-state index in [2.05, 4.69) is 25.2 Å². The van der Waals surface area contributed by atoms with Gasteiger partial charge in [-0.05, 0) is 52.1 Å². The highest BCUT2D eigenvalue weighted by Crippen LogP contribution is 2.31. The van der Waals surface area contributed by atoms with Crippen LogP contribution in [0.4, 0.5) is 4.79 Å². The summed E-state index contributed by atoms with van der Waals surface area (Å²) in [6.07, 6.45) is -0.833. The van der Waals surface area contributed by atoms with E-state index in [0.717, 1.165) is 21.5 Å². The second-order valence-corrected chi connectivity index (χ2v) is 10.4. The average Bonchev–Trinajstić information content (AvgIpc) is 3.73. The van der Waals surface area contributed by atoms with Crippen molar-refractivity contribution in [3.05, 3.63) is 123 Å². The molecule has 0 spiro atoms. The van der Waals surface area contributed by atoms with Crippen molar-refractivity contribution in [1.82, 2.24) is 29.8 Å². The number of ether oxygens (including phenoxy) is 2. The van der Waals surface area contributed by atoms with Crippen molar-refractivity contribution >= 4 is 23.1 Å². The lowest BCUT2D eigenvalue weighted by Crippen LogP contribution is -2.16. The first-order valence-corrected chi connectivity index (χ1v) is 14.7. The van der Waals surface area contributed by atoms with Crippen LogP contribution in [0.3, 0.4) is 0 Å². The van der Waals surface area contributed by atoms with Crippen molar-refractivity contribution in [1.29, 1.82) is 0 Å². The van der Waals surface area contributed by atoms with E-state index in [0.29, 0.717) is 46.9 Å². The molecule has 0 aliphatic carbocycles. The van der Waals surface area contributed by atoms with Gasteiger partial charge in [0.15, 0.2) is 0 Å². The van der Waals surface area contributed by atoms with Gasteiger partial charge in [0.2, 0.25) is 5.82 Å². The molecule has 0 atom stereocenters. The third-order valence-electron chi connectivity index (χ3n) is 7.31. The molecule has 0 saturated carbocycles. The SMILES string of the molecule is CCOc1nc2cccc(C(=O)O)c2n1Cc1ccc(-c2ccccc2-c2nnn(C(=O)OCc3ccc(CO[N+](=O)[O-])cc3)n2)cc1. The highest BCUT2D eigenvalue weighted by Gasteiger charge is 2.20. The Morgan fingerprint density at radius 1 is 0.875 bits per heavy atom. The van der Waals surface area contributed by atoms with Crippen molar-refractivity contribution in [3.63, 3.8) is 0 Å². The zero-order chi connectivity index (χ0) is 33.6. The molecule has 2 heterocycles.